The summed E-state index contributed by atoms with van der Waals surface area (Å²) < 4.78 is 0. The van der Waals surface area contributed by atoms with E-state index < -0.39 is 12.0 Å². The Balaban J connectivity index is 2.40. The maximum Gasteiger partial charge on any atom is 0.328 e. The Morgan fingerprint density at radius 3 is 3.23 bits per heavy atom. The van der Waals surface area contributed by atoms with Gasteiger partial charge in [-0.15, -0.1) is 0 Å². The molecule has 0 radical (unpaired) electrons. The van der Waals surface area contributed by atoms with E-state index in [1.165, 1.54) is 6.33 Å². The van der Waals surface area contributed by atoms with Crippen molar-refractivity contribution in [2.24, 2.45) is 10.7 Å². The maximum atomic E-state index is 10.6. The first-order valence-corrected chi connectivity index (χ1v) is 3.77. The van der Waals surface area contributed by atoms with Gasteiger partial charge in [-0.1, -0.05) is 0 Å². The van der Waals surface area contributed by atoms with E-state index in [9.17, 15) is 4.79 Å². The lowest BCUT2D eigenvalue weighted by Crippen LogP contribution is -2.31. The number of fused-ring (bicyclic) bond motifs is 1. The molecule has 0 aromatic carbocycles. The van der Waals surface area contributed by atoms with Gasteiger partial charge in [0.15, 0.2) is 6.04 Å². The van der Waals surface area contributed by atoms with Crippen LogP contribution in [0.2, 0.25) is 0 Å². The molecular formula is C7H8N4O2. The van der Waals surface area contributed by atoms with Crippen LogP contribution in [0.25, 0.3) is 0 Å². The van der Waals surface area contributed by atoms with Gasteiger partial charge < -0.3 is 15.8 Å². The van der Waals surface area contributed by atoms with Crippen molar-refractivity contribution >= 4 is 11.8 Å². The summed E-state index contributed by atoms with van der Waals surface area (Å²) in [6.07, 6.45) is 1.81. The highest BCUT2D eigenvalue weighted by Crippen LogP contribution is 2.14. The quantitative estimate of drug-likeness (QED) is 0.522. The number of imidazole rings is 1. The molecule has 0 amide bonds. The zero-order chi connectivity index (χ0) is 9.42. The van der Waals surface area contributed by atoms with Crippen LogP contribution in [0.1, 0.15) is 11.4 Å². The second-order valence-corrected chi connectivity index (χ2v) is 2.80. The van der Waals surface area contributed by atoms with Crippen LogP contribution in [0.5, 0.6) is 0 Å². The summed E-state index contributed by atoms with van der Waals surface area (Å²) in [7, 11) is 0. The molecule has 0 unspecified atom stereocenters. The van der Waals surface area contributed by atoms with Crippen LogP contribution in [0, 0.1) is 0 Å². The second kappa shape index (κ2) is 2.58. The van der Waals surface area contributed by atoms with Crippen LogP contribution >= 0.6 is 0 Å². The highest BCUT2D eigenvalue weighted by molar-refractivity contribution is 5.99. The lowest BCUT2D eigenvalue weighted by Gasteiger charge is -2.13. The molecule has 13 heavy (non-hydrogen) atoms. The number of carboxylic acid groups (broad SMARTS) is 1. The smallest absolute Gasteiger partial charge is 0.328 e. The number of carboxylic acids is 1. The predicted octanol–water partition coefficient (Wildman–Crippen LogP) is -0.876. The van der Waals surface area contributed by atoms with Gasteiger partial charge in [-0.05, 0) is 0 Å². The van der Waals surface area contributed by atoms with Crippen molar-refractivity contribution in [1.29, 1.82) is 0 Å². The molecule has 0 fully saturated rings. The number of nitrogens with zero attached hydrogens (tertiary/aromatic N) is 2. The Morgan fingerprint density at radius 1 is 1.77 bits per heavy atom. The van der Waals surface area contributed by atoms with Crippen LogP contribution in [0.15, 0.2) is 11.3 Å². The molecule has 4 N–H and O–H groups in total. The molecule has 1 aliphatic heterocycles. The number of hydrogen-bond acceptors (Lipinski definition) is 4. The van der Waals surface area contributed by atoms with Crippen LogP contribution in [-0.4, -0.2) is 32.9 Å². The molecule has 0 saturated carbocycles. The van der Waals surface area contributed by atoms with E-state index in [4.69, 9.17) is 10.8 Å². The van der Waals surface area contributed by atoms with Crippen molar-refractivity contribution in [1.82, 2.24) is 9.97 Å². The molecule has 2 rings (SSSR count). The first-order chi connectivity index (χ1) is 6.18. The van der Waals surface area contributed by atoms with E-state index in [0.717, 1.165) is 5.69 Å². The third-order valence-corrected chi connectivity index (χ3v) is 1.94. The van der Waals surface area contributed by atoms with Gasteiger partial charge >= 0.3 is 5.97 Å². The highest BCUT2D eigenvalue weighted by Gasteiger charge is 2.26. The number of aromatic amines is 1. The summed E-state index contributed by atoms with van der Waals surface area (Å²) >= 11 is 0. The molecule has 0 saturated heterocycles. The van der Waals surface area contributed by atoms with E-state index in [1.54, 1.807) is 0 Å². The monoisotopic (exact) mass is 180 g/mol. The molecular weight excluding hydrogens is 172 g/mol. The topological polar surface area (TPSA) is 104 Å². The standard InChI is InChI=1S/C7H8N4O2/c8-6-5-3(9-2-10-5)1-4(11-6)7(12)13/h2,4H,1H2,(H2,8,11)(H,9,10)(H,12,13)/t4-/m0/s1. The minimum Gasteiger partial charge on any atom is -0.480 e. The van der Waals surface area contributed by atoms with Crippen molar-refractivity contribution in [3.05, 3.63) is 17.7 Å². The summed E-state index contributed by atoms with van der Waals surface area (Å²) in [5.41, 5.74) is 6.83. The van der Waals surface area contributed by atoms with Crippen molar-refractivity contribution in [3.8, 4) is 0 Å². The summed E-state index contributed by atoms with van der Waals surface area (Å²) in [6, 6.07) is -0.784. The maximum absolute atomic E-state index is 10.6. The fraction of sp³-hybridized carbons (Fsp3) is 0.286. The molecule has 2 heterocycles. The molecule has 1 atom stereocenters. The minimum atomic E-state index is -0.969. The van der Waals surface area contributed by atoms with E-state index in [0.29, 0.717) is 12.1 Å². The molecule has 0 aliphatic carbocycles. The Kier molecular flexibility index (Phi) is 1.54. The molecule has 1 aliphatic rings. The van der Waals surface area contributed by atoms with Crippen molar-refractivity contribution in [2.75, 3.05) is 0 Å². The Bertz CT molecular complexity index is 382. The minimum absolute atomic E-state index is 0.190. The van der Waals surface area contributed by atoms with Crippen molar-refractivity contribution in [3.63, 3.8) is 0 Å². The van der Waals surface area contributed by atoms with Gasteiger partial charge in [0.05, 0.1) is 6.33 Å². The van der Waals surface area contributed by atoms with E-state index >= 15 is 0 Å². The summed E-state index contributed by atoms with van der Waals surface area (Å²) in [6.45, 7) is 0. The van der Waals surface area contributed by atoms with E-state index in [2.05, 4.69) is 15.0 Å². The number of rotatable bonds is 1. The predicted molar refractivity (Wildman–Crippen MR) is 44.4 cm³/mol. The number of carbonyl (C=O) groups is 1. The average Bonchev–Trinajstić information content (AvgIpc) is 2.51. The molecule has 68 valence electrons. The normalized spacial score (nSPS) is 20.6. The van der Waals surface area contributed by atoms with Crippen LogP contribution in [0.3, 0.4) is 0 Å². The number of H-pyrrole nitrogens is 1. The van der Waals surface area contributed by atoms with Crippen LogP contribution in [0.4, 0.5) is 0 Å². The zero-order valence-corrected chi connectivity index (χ0v) is 6.69. The number of nitrogens with one attached hydrogen (secondary N) is 1. The molecule has 6 heteroatoms. The lowest BCUT2D eigenvalue weighted by molar-refractivity contribution is -0.138. The van der Waals surface area contributed by atoms with Gasteiger partial charge in [0, 0.05) is 12.1 Å². The highest BCUT2D eigenvalue weighted by atomic mass is 16.4. The third kappa shape index (κ3) is 1.16. The van der Waals surface area contributed by atoms with Gasteiger partial charge in [-0.3, -0.25) is 4.99 Å². The van der Waals surface area contributed by atoms with E-state index in [-0.39, 0.29) is 5.84 Å². The van der Waals surface area contributed by atoms with Crippen LogP contribution < -0.4 is 5.73 Å². The third-order valence-electron chi connectivity index (χ3n) is 1.94. The van der Waals surface area contributed by atoms with Crippen LogP contribution in [-0.2, 0) is 11.2 Å². The average molecular weight is 180 g/mol. The number of aliphatic carboxylic acids is 1. The van der Waals surface area contributed by atoms with Gasteiger partial charge in [0.25, 0.3) is 0 Å². The summed E-state index contributed by atoms with van der Waals surface area (Å²) in [5, 5.41) is 8.72. The van der Waals surface area contributed by atoms with Crippen molar-refractivity contribution in [2.45, 2.75) is 12.5 Å². The lowest BCUT2D eigenvalue weighted by atomic mass is 10.1. The Labute approximate surface area is 73.5 Å². The second-order valence-electron chi connectivity index (χ2n) is 2.80. The molecule has 1 aromatic heterocycles. The van der Waals surface area contributed by atoms with Gasteiger partial charge in [-0.2, -0.15) is 0 Å². The number of aromatic nitrogens is 2. The Hall–Kier alpha value is -1.85. The van der Waals surface area contributed by atoms with Gasteiger partial charge in [0.2, 0.25) is 0 Å². The number of nitrogens with two attached hydrogens (primary N) is 1. The molecule has 0 spiro atoms. The zero-order valence-electron chi connectivity index (χ0n) is 6.69. The largest absolute Gasteiger partial charge is 0.480 e. The first kappa shape index (κ1) is 7.78. The fourth-order valence-electron chi connectivity index (χ4n) is 1.31. The number of hydrogen-bond donors (Lipinski definition) is 3. The SMILES string of the molecule is NC1=N[C@H](C(=O)O)Cc2[nH]cnc21. The van der Waals surface area contributed by atoms with E-state index in [1.807, 2.05) is 0 Å². The van der Waals surface area contributed by atoms with Gasteiger partial charge in [0.1, 0.15) is 11.5 Å². The number of amidine groups is 1. The number of aliphatic imine (C=N–C) groups is 1. The fourth-order valence-corrected chi connectivity index (χ4v) is 1.31. The Morgan fingerprint density at radius 2 is 2.54 bits per heavy atom. The molecule has 1 aromatic rings. The molecule has 0 bridgehead atoms. The summed E-state index contributed by atoms with van der Waals surface area (Å²) in [4.78, 5) is 21.2. The first-order valence-electron chi connectivity index (χ1n) is 3.77. The van der Waals surface area contributed by atoms with Crippen molar-refractivity contribution < 1.29 is 9.90 Å². The summed E-state index contributed by atoms with van der Waals surface area (Å²) in [5.74, 6) is -0.780. The van der Waals surface area contributed by atoms with Gasteiger partial charge in [-0.25, -0.2) is 9.78 Å². The molecule has 6 nitrogen and oxygen atoms in total.